The second-order valence-electron chi connectivity index (χ2n) is 2.72. The predicted molar refractivity (Wildman–Crippen MR) is 46.4 cm³/mol. The van der Waals surface area contributed by atoms with Crippen LogP contribution in [0, 0.1) is 6.92 Å². The zero-order valence-electron chi connectivity index (χ0n) is 7.07. The summed E-state index contributed by atoms with van der Waals surface area (Å²) in [5.41, 5.74) is 0.448. The number of carbonyl (C=O) groups excluding carboxylic acids is 1. The van der Waals surface area contributed by atoms with E-state index in [0.29, 0.717) is 23.6 Å². The van der Waals surface area contributed by atoms with Gasteiger partial charge in [0.25, 0.3) is 0 Å². The first-order chi connectivity index (χ1) is 6.29. The van der Waals surface area contributed by atoms with Crippen LogP contribution < -0.4 is 0 Å². The molecule has 0 bridgehead atoms. The van der Waals surface area contributed by atoms with Gasteiger partial charge in [-0.1, -0.05) is 0 Å². The van der Waals surface area contributed by atoms with E-state index in [0.717, 1.165) is 5.76 Å². The number of hydrogen-bond acceptors (Lipinski definition) is 3. The van der Waals surface area contributed by atoms with Gasteiger partial charge in [-0.2, -0.15) is 0 Å². The Bertz CT molecular complexity index is 428. The highest BCUT2D eigenvalue weighted by atomic mass is 16.3. The Morgan fingerprint density at radius 2 is 2.38 bits per heavy atom. The molecule has 2 rings (SSSR count). The number of furan rings is 1. The van der Waals surface area contributed by atoms with Crippen molar-refractivity contribution in [3.05, 3.63) is 29.8 Å². The minimum atomic E-state index is 0.448. The molecule has 2 heterocycles. The van der Waals surface area contributed by atoms with Crippen molar-refractivity contribution in [3.63, 3.8) is 0 Å². The van der Waals surface area contributed by atoms with Crippen LogP contribution in [0.2, 0.25) is 0 Å². The van der Waals surface area contributed by atoms with Crippen LogP contribution in [0.5, 0.6) is 0 Å². The second-order valence-corrected chi connectivity index (χ2v) is 2.72. The summed E-state index contributed by atoms with van der Waals surface area (Å²) in [4.78, 5) is 17.2. The SMILES string of the molecule is Cc1ccc(-c2ncc(C=O)[nH]2)o1. The molecule has 0 aliphatic carbocycles. The van der Waals surface area contributed by atoms with Crippen molar-refractivity contribution < 1.29 is 9.21 Å². The number of aldehydes is 1. The zero-order valence-corrected chi connectivity index (χ0v) is 7.07. The third-order valence-corrected chi connectivity index (χ3v) is 1.70. The van der Waals surface area contributed by atoms with Crippen LogP contribution in [0.1, 0.15) is 16.2 Å². The van der Waals surface area contributed by atoms with Gasteiger partial charge in [0.1, 0.15) is 5.76 Å². The number of carbonyl (C=O) groups is 1. The largest absolute Gasteiger partial charge is 0.458 e. The van der Waals surface area contributed by atoms with Gasteiger partial charge in [-0.25, -0.2) is 4.98 Å². The summed E-state index contributed by atoms with van der Waals surface area (Å²) in [6, 6.07) is 3.65. The number of nitrogens with one attached hydrogen (secondary N) is 1. The molecule has 2 aromatic rings. The summed E-state index contributed by atoms with van der Waals surface area (Å²) in [6.45, 7) is 1.85. The topological polar surface area (TPSA) is 58.9 Å². The van der Waals surface area contributed by atoms with Crippen molar-refractivity contribution in [2.24, 2.45) is 0 Å². The molecule has 0 spiro atoms. The van der Waals surface area contributed by atoms with Gasteiger partial charge in [-0.05, 0) is 19.1 Å². The molecule has 0 saturated heterocycles. The highest BCUT2D eigenvalue weighted by molar-refractivity contribution is 5.72. The van der Waals surface area contributed by atoms with Gasteiger partial charge in [0.15, 0.2) is 17.9 Å². The lowest BCUT2D eigenvalue weighted by Gasteiger charge is -1.87. The third-order valence-electron chi connectivity index (χ3n) is 1.70. The van der Waals surface area contributed by atoms with Gasteiger partial charge in [0.2, 0.25) is 0 Å². The van der Waals surface area contributed by atoms with Gasteiger partial charge >= 0.3 is 0 Å². The van der Waals surface area contributed by atoms with E-state index in [1.54, 1.807) is 0 Å². The molecule has 13 heavy (non-hydrogen) atoms. The minimum Gasteiger partial charge on any atom is -0.458 e. The highest BCUT2D eigenvalue weighted by Crippen LogP contribution is 2.17. The number of hydrogen-bond donors (Lipinski definition) is 1. The molecule has 1 N–H and O–H groups in total. The number of nitrogens with zero attached hydrogens (tertiary/aromatic N) is 1. The molecule has 0 radical (unpaired) electrons. The normalized spacial score (nSPS) is 10.2. The van der Waals surface area contributed by atoms with E-state index < -0.39 is 0 Å². The van der Waals surface area contributed by atoms with E-state index in [4.69, 9.17) is 4.42 Å². The summed E-state index contributed by atoms with van der Waals surface area (Å²) in [5.74, 6) is 2.04. The van der Waals surface area contributed by atoms with E-state index in [-0.39, 0.29) is 0 Å². The van der Waals surface area contributed by atoms with Crippen molar-refractivity contribution in [3.8, 4) is 11.6 Å². The number of aromatic amines is 1. The van der Waals surface area contributed by atoms with E-state index in [1.807, 2.05) is 19.1 Å². The lowest BCUT2D eigenvalue weighted by atomic mass is 10.4. The Hall–Kier alpha value is -1.84. The summed E-state index contributed by atoms with van der Waals surface area (Å²) in [7, 11) is 0. The van der Waals surface area contributed by atoms with Crippen LogP contribution in [0.3, 0.4) is 0 Å². The fourth-order valence-electron chi connectivity index (χ4n) is 1.08. The molecule has 4 heteroatoms. The first kappa shape index (κ1) is 7.79. The molecule has 0 aromatic carbocycles. The summed E-state index contributed by atoms with van der Waals surface area (Å²) < 4.78 is 5.32. The molecule has 0 fully saturated rings. The Balaban J connectivity index is 2.40. The maximum absolute atomic E-state index is 10.4. The van der Waals surface area contributed by atoms with E-state index in [1.165, 1.54) is 6.20 Å². The van der Waals surface area contributed by atoms with Gasteiger partial charge in [0, 0.05) is 0 Å². The lowest BCUT2D eigenvalue weighted by Crippen LogP contribution is -1.78. The molecule has 0 aliphatic rings. The van der Waals surface area contributed by atoms with Gasteiger partial charge in [-0.3, -0.25) is 4.79 Å². The number of aryl methyl sites for hydroxylation is 1. The Kier molecular flexibility index (Phi) is 1.73. The number of aromatic nitrogens is 2. The second kappa shape index (κ2) is 2.90. The Morgan fingerprint density at radius 3 is 2.92 bits per heavy atom. The Labute approximate surface area is 74.6 Å². The first-order valence-electron chi connectivity index (χ1n) is 3.86. The van der Waals surface area contributed by atoms with E-state index in [9.17, 15) is 4.79 Å². The minimum absolute atomic E-state index is 0.448. The first-order valence-corrected chi connectivity index (χ1v) is 3.86. The molecule has 0 atom stereocenters. The van der Waals surface area contributed by atoms with Crippen molar-refractivity contribution in [1.82, 2.24) is 9.97 Å². The van der Waals surface area contributed by atoms with Crippen molar-refractivity contribution in [1.29, 1.82) is 0 Å². The van der Waals surface area contributed by atoms with Crippen molar-refractivity contribution in [2.45, 2.75) is 6.92 Å². The summed E-state index contributed by atoms with van der Waals surface area (Å²) in [6.07, 6.45) is 2.19. The highest BCUT2D eigenvalue weighted by Gasteiger charge is 2.05. The summed E-state index contributed by atoms with van der Waals surface area (Å²) in [5, 5.41) is 0. The number of imidazole rings is 1. The number of rotatable bonds is 2. The van der Waals surface area contributed by atoms with Crippen molar-refractivity contribution >= 4 is 6.29 Å². The standard InChI is InChI=1S/C9H8N2O2/c1-6-2-3-8(13-6)9-10-4-7(5-12)11-9/h2-5H,1H3,(H,10,11). The molecular formula is C9H8N2O2. The lowest BCUT2D eigenvalue weighted by molar-refractivity contribution is 0.111. The van der Waals surface area contributed by atoms with Crippen LogP contribution in [0.25, 0.3) is 11.6 Å². The fraction of sp³-hybridized carbons (Fsp3) is 0.111. The predicted octanol–water partition coefficient (Wildman–Crippen LogP) is 1.79. The quantitative estimate of drug-likeness (QED) is 0.709. The molecule has 66 valence electrons. The van der Waals surface area contributed by atoms with E-state index in [2.05, 4.69) is 9.97 Å². The van der Waals surface area contributed by atoms with Gasteiger partial charge < -0.3 is 9.40 Å². The average Bonchev–Trinajstić information content (AvgIpc) is 2.71. The van der Waals surface area contributed by atoms with Gasteiger partial charge in [0.05, 0.1) is 11.9 Å². The maximum atomic E-state index is 10.4. The molecule has 0 saturated carbocycles. The third kappa shape index (κ3) is 1.38. The van der Waals surface area contributed by atoms with Crippen LogP contribution in [0.4, 0.5) is 0 Å². The molecular weight excluding hydrogens is 168 g/mol. The fourth-order valence-corrected chi connectivity index (χ4v) is 1.08. The molecule has 2 aromatic heterocycles. The van der Waals surface area contributed by atoms with Gasteiger partial charge in [-0.15, -0.1) is 0 Å². The monoisotopic (exact) mass is 176 g/mol. The van der Waals surface area contributed by atoms with Crippen LogP contribution >= 0.6 is 0 Å². The zero-order chi connectivity index (χ0) is 9.26. The van der Waals surface area contributed by atoms with Crippen LogP contribution in [-0.2, 0) is 0 Å². The average molecular weight is 176 g/mol. The maximum Gasteiger partial charge on any atom is 0.174 e. The molecule has 0 aliphatic heterocycles. The molecule has 4 nitrogen and oxygen atoms in total. The van der Waals surface area contributed by atoms with Crippen LogP contribution in [-0.4, -0.2) is 16.3 Å². The molecule has 0 unspecified atom stereocenters. The Morgan fingerprint density at radius 1 is 1.54 bits per heavy atom. The number of H-pyrrole nitrogens is 1. The smallest absolute Gasteiger partial charge is 0.174 e. The summed E-state index contributed by atoms with van der Waals surface area (Å²) >= 11 is 0. The van der Waals surface area contributed by atoms with Crippen LogP contribution in [0.15, 0.2) is 22.7 Å². The molecule has 0 amide bonds. The van der Waals surface area contributed by atoms with E-state index >= 15 is 0 Å². The van der Waals surface area contributed by atoms with Crippen molar-refractivity contribution in [2.75, 3.05) is 0 Å².